The summed E-state index contributed by atoms with van der Waals surface area (Å²) in [7, 11) is 0. The second-order valence-corrected chi connectivity index (χ2v) is 13.2. The van der Waals surface area contributed by atoms with E-state index in [-0.39, 0.29) is 26.4 Å². The molecule has 0 bridgehead atoms. The van der Waals surface area contributed by atoms with Gasteiger partial charge in [0.1, 0.15) is 37.1 Å². The molecule has 0 saturated carbocycles. The lowest BCUT2D eigenvalue weighted by molar-refractivity contribution is -0.339. The number of aliphatic hydroxyl groups is 1. The van der Waals surface area contributed by atoms with Crippen LogP contribution >= 0.6 is 0 Å². The summed E-state index contributed by atoms with van der Waals surface area (Å²) in [5.74, 6) is -3.00. The highest BCUT2D eigenvalue weighted by atomic mass is 16.7. The number of ether oxygens (including phenoxy) is 10. The molecule has 1 N–H and O–H groups in total. The normalized spacial score (nSPS) is 27.4. The fourth-order valence-corrected chi connectivity index (χ4v) is 6.41. The highest BCUT2D eigenvalue weighted by Gasteiger charge is 2.54. The van der Waals surface area contributed by atoms with Crippen molar-refractivity contribution in [2.24, 2.45) is 0 Å². The molecule has 0 radical (unpaired) electrons. The molecule has 5 rings (SSSR count). The summed E-state index contributed by atoms with van der Waals surface area (Å²) in [5, 5.41) is 11.5. The van der Waals surface area contributed by atoms with Crippen molar-refractivity contribution in [3.05, 3.63) is 108 Å². The van der Waals surface area contributed by atoms with E-state index in [1.54, 1.807) is 0 Å². The van der Waals surface area contributed by atoms with E-state index < -0.39 is 91.9 Å². The smallest absolute Gasteiger partial charge is 0.303 e. The second-order valence-electron chi connectivity index (χ2n) is 13.2. The molecule has 15 nitrogen and oxygen atoms in total. The lowest BCUT2D eigenvalue weighted by Gasteiger charge is -2.46. The van der Waals surface area contributed by atoms with Crippen molar-refractivity contribution in [1.82, 2.24) is 0 Å². The van der Waals surface area contributed by atoms with Crippen molar-refractivity contribution in [2.75, 3.05) is 13.2 Å². The molecule has 0 aliphatic carbocycles. The topological polar surface area (TPSA) is 181 Å². The first-order valence-corrected chi connectivity index (χ1v) is 18.2. The Labute approximate surface area is 325 Å². The molecule has 3 aromatic rings. The van der Waals surface area contributed by atoms with Gasteiger partial charge in [0.2, 0.25) is 0 Å². The third-order valence-electron chi connectivity index (χ3n) is 8.84. The van der Waals surface area contributed by atoms with E-state index in [2.05, 4.69) is 0 Å². The standard InChI is InChI=1S/C41H48O15/c1-25(42)47-23-33-35(52-26(2)43)37(53-27(3)44)39(54-28(4)45)41(56-33)51-24-32-34(48-20-29-14-8-5-9-15-29)36(49-21-30-16-10-6-11-17-30)38(40(46)55-32)50-22-31-18-12-7-13-19-31/h5-19,32-41,46H,20-24H2,1-4H3/t32-,33-,34+,35+,36+,37+,38-,39-,40+,41-/m1/s1. The quantitative estimate of drug-likeness (QED) is 0.155. The first-order chi connectivity index (χ1) is 27.0. The minimum Gasteiger partial charge on any atom is -0.463 e. The second kappa shape index (κ2) is 21.0. The summed E-state index contributed by atoms with van der Waals surface area (Å²) in [6, 6.07) is 28.3. The number of benzene rings is 3. The number of aliphatic hydroxyl groups excluding tert-OH is 1. The zero-order valence-corrected chi connectivity index (χ0v) is 31.6. The molecule has 0 amide bonds. The molecule has 0 aromatic heterocycles. The summed E-state index contributed by atoms with van der Waals surface area (Å²) < 4.78 is 59.7. The van der Waals surface area contributed by atoms with Gasteiger partial charge in [0.25, 0.3) is 0 Å². The van der Waals surface area contributed by atoms with Crippen LogP contribution in [0.4, 0.5) is 0 Å². The maximum absolute atomic E-state index is 12.4. The van der Waals surface area contributed by atoms with Crippen LogP contribution in [0.1, 0.15) is 44.4 Å². The lowest BCUT2D eigenvalue weighted by Crippen LogP contribution is -2.64. The minimum absolute atomic E-state index is 0.122. The van der Waals surface area contributed by atoms with Crippen LogP contribution in [0.15, 0.2) is 91.0 Å². The van der Waals surface area contributed by atoms with Crippen LogP contribution in [-0.4, -0.2) is 104 Å². The van der Waals surface area contributed by atoms with Gasteiger partial charge in [-0.3, -0.25) is 19.2 Å². The van der Waals surface area contributed by atoms with Gasteiger partial charge in [-0.2, -0.15) is 0 Å². The lowest BCUT2D eigenvalue weighted by atomic mass is 9.97. The van der Waals surface area contributed by atoms with Crippen molar-refractivity contribution in [2.45, 2.75) is 109 Å². The first kappa shape index (κ1) is 42.4. The molecule has 10 atom stereocenters. The third-order valence-corrected chi connectivity index (χ3v) is 8.84. The Kier molecular flexibility index (Phi) is 15.9. The Morgan fingerprint density at radius 1 is 0.482 bits per heavy atom. The van der Waals surface area contributed by atoms with Gasteiger partial charge in [0, 0.05) is 27.7 Å². The van der Waals surface area contributed by atoms with Crippen LogP contribution in [-0.2, 0) is 86.4 Å². The molecule has 0 spiro atoms. The van der Waals surface area contributed by atoms with Crippen molar-refractivity contribution >= 4 is 23.9 Å². The highest BCUT2D eigenvalue weighted by molar-refractivity contribution is 5.68. The molecule has 2 saturated heterocycles. The SMILES string of the molecule is CC(=O)OC[C@H]1O[C@@H](OC[C@H]2O[C@H](O)[C@H](OCc3ccccc3)[C@@H](OCc3ccccc3)[C@H]2OCc2ccccc2)[C@H](OC(C)=O)[C@@H](OC(C)=O)[C@H]1OC(C)=O. The third kappa shape index (κ3) is 12.4. The van der Waals surface area contributed by atoms with Gasteiger partial charge in [-0.1, -0.05) is 91.0 Å². The van der Waals surface area contributed by atoms with Gasteiger partial charge in [-0.25, -0.2) is 0 Å². The average Bonchev–Trinajstić information content (AvgIpc) is 3.17. The Bertz CT molecular complexity index is 1690. The summed E-state index contributed by atoms with van der Waals surface area (Å²) in [6.07, 6.45) is -12.5. The van der Waals surface area contributed by atoms with Crippen LogP contribution in [0.25, 0.3) is 0 Å². The molecule has 56 heavy (non-hydrogen) atoms. The monoisotopic (exact) mass is 780 g/mol. The number of carbonyl (C=O) groups excluding carboxylic acids is 4. The van der Waals surface area contributed by atoms with Crippen LogP contribution < -0.4 is 0 Å². The number of esters is 4. The Balaban J connectivity index is 1.46. The van der Waals surface area contributed by atoms with Crippen molar-refractivity contribution < 1.29 is 71.7 Å². The number of carbonyl (C=O) groups is 4. The minimum atomic E-state index is -1.53. The van der Waals surface area contributed by atoms with Crippen LogP contribution in [0.5, 0.6) is 0 Å². The first-order valence-electron chi connectivity index (χ1n) is 18.2. The van der Waals surface area contributed by atoms with Crippen molar-refractivity contribution in [3.63, 3.8) is 0 Å². The Hall–Kier alpha value is -4.74. The zero-order chi connectivity index (χ0) is 40.0. The molecule has 2 heterocycles. The van der Waals surface area contributed by atoms with Gasteiger partial charge < -0.3 is 52.5 Å². The number of hydrogen-bond donors (Lipinski definition) is 1. The maximum Gasteiger partial charge on any atom is 0.303 e. The fraction of sp³-hybridized carbons (Fsp3) is 0.463. The Morgan fingerprint density at radius 3 is 1.39 bits per heavy atom. The van der Waals surface area contributed by atoms with E-state index in [1.165, 1.54) is 6.92 Å². The molecule has 2 aliphatic rings. The number of rotatable bonds is 17. The van der Waals surface area contributed by atoms with E-state index in [0.717, 1.165) is 37.5 Å². The fourth-order valence-electron chi connectivity index (χ4n) is 6.41. The van der Waals surface area contributed by atoms with E-state index >= 15 is 0 Å². The Morgan fingerprint density at radius 2 is 0.911 bits per heavy atom. The molecule has 15 heteroatoms. The van der Waals surface area contributed by atoms with E-state index in [0.29, 0.717) is 0 Å². The van der Waals surface area contributed by atoms with Gasteiger partial charge in [-0.05, 0) is 16.7 Å². The highest BCUT2D eigenvalue weighted by Crippen LogP contribution is 2.33. The summed E-state index contributed by atoms with van der Waals surface area (Å²) in [6.45, 7) is 4.16. The molecule has 3 aromatic carbocycles. The molecular formula is C41H48O15. The average molecular weight is 781 g/mol. The molecule has 302 valence electrons. The molecule has 2 fully saturated rings. The summed E-state index contributed by atoms with van der Waals surface area (Å²) >= 11 is 0. The predicted molar refractivity (Wildman–Crippen MR) is 194 cm³/mol. The largest absolute Gasteiger partial charge is 0.463 e. The van der Waals surface area contributed by atoms with E-state index in [1.807, 2.05) is 91.0 Å². The summed E-state index contributed by atoms with van der Waals surface area (Å²) in [4.78, 5) is 48.7. The molecule has 2 aliphatic heterocycles. The maximum atomic E-state index is 12.4. The number of hydrogen-bond acceptors (Lipinski definition) is 15. The zero-order valence-electron chi connectivity index (χ0n) is 31.6. The van der Waals surface area contributed by atoms with Crippen molar-refractivity contribution in [3.8, 4) is 0 Å². The predicted octanol–water partition coefficient (Wildman–Crippen LogP) is 3.56. The van der Waals surface area contributed by atoms with Crippen molar-refractivity contribution in [1.29, 1.82) is 0 Å². The van der Waals surface area contributed by atoms with E-state index in [4.69, 9.17) is 47.4 Å². The van der Waals surface area contributed by atoms with Crippen LogP contribution in [0, 0.1) is 0 Å². The van der Waals surface area contributed by atoms with Gasteiger partial charge in [-0.15, -0.1) is 0 Å². The van der Waals surface area contributed by atoms with Gasteiger partial charge >= 0.3 is 23.9 Å². The molecule has 0 unspecified atom stereocenters. The summed E-state index contributed by atoms with van der Waals surface area (Å²) in [5.41, 5.74) is 2.57. The van der Waals surface area contributed by atoms with Crippen LogP contribution in [0.2, 0.25) is 0 Å². The molecular weight excluding hydrogens is 732 g/mol. The van der Waals surface area contributed by atoms with Gasteiger partial charge in [0.05, 0.1) is 26.4 Å². The van der Waals surface area contributed by atoms with E-state index in [9.17, 15) is 24.3 Å². The van der Waals surface area contributed by atoms with Crippen LogP contribution in [0.3, 0.4) is 0 Å². The van der Waals surface area contributed by atoms with Gasteiger partial charge in [0.15, 0.2) is 30.9 Å².